The standard InChI is InChI=1S/C17H21NOS/c1-12-4-7-17(9-13(12)2)20(19)11-16-6-5-15(10-18)8-14(16)3/h4-9H,10-11,18H2,1-3H3. The van der Waals surface area contributed by atoms with E-state index in [2.05, 4.69) is 19.9 Å². The highest BCUT2D eigenvalue weighted by molar-refractivity contribution is 7.84. The number of rotatable bonds is 4. The van der Waals surface area contributed by atoms with Crippen LogP contribution in [0.4, 0.5) is 0 Å². The first-order valence-corrected chi connectivity index (χ1v) is 8.07. The molecule has 1 atom stereocenters. The summed E-state index contributed by atoms with van der Waals surface area (Å²) >= 11 is 0. The average Bonchev–Trinajstić information content (AvgIpc) is 2.43. The number of aryl methyl sites for hydroxylation is 3. The fourth-order valence-electron chi connectivity index (χ4n) is 2.13. The Bertz CT molecular complexity index is 649. The van der Waals surface area contributed by atoms with Crippen LogP contribution < -0.4 is 5.73 Å². The Labute approximate surface area is 123 Å². The molecule has 1 unspecified atom stereocenters. The van der Waals surface area contributed by atoms with Crippen molar-refractivity contribution in [2.45, 2.75) is 38.0 Å². The smallest absolute Gasteiger partial charge is 0.0574 e. The predicted molar refractivity (Wildman–Crippen MR) is 85.1 cm³/mol. The molecule has 2 rings (SSSR count). The highest BCUT2D eigenvalue weighted by Crippen LogP contribution is 2.19. The van der Waals surface area contributed by atoms with Gasteiger partial charge in [-0.2, -0.15) is 0 Å². The summed E-state index contributed by atoms with van der Waals surface area (Å²) in [5.41, 5.74) is 11.4. The Morgan fingerprint density at radius 3 is 2.30 bits per heavy atom. The summed E-state index contributed by atoms with van der Waals surface area (Å²) in [6, 6.07) is 12.1. The summed E-state index contributed by atoms with van der Waals surface area (Å²) in [6.07, 6.45) is 0. The first-order chi connectivity index (χ1) is 9.51. The number of nitrogens with two attached hydrogens (primary N) is 1. The van der Waals surface area contributed by atoms with Gasteiger partial charge in [-0.05, 0) is 60.7 Å². The van der Waals surface area contributed by atoms with Gasteiger partial charge in [0.15, 0.2) is 0 Å². The monoisotopic (exact) mass is 287 g/mol. The largest absolute Gasteiger partial charge is 0.326 e. The minimum Gasteiger partial charge on any atom is -0.326 e. The van der Waals surface area contributed by atoms with Gasteiger partial charge in [0.25, 0.3) is 0 Å². The fraction of sp³-hybridized carbons (Fsp3) is 0.294. The van der Waals surface area contributed by atoms with Crippen LogP contribution in [-0.4, -0.2) is 4.21 Å². The van der Waals surface area contributed by atoms with E-state index in [9.17, 15) is 4.21 Å². The minimum absolute atomic E-state index is 0.543. The van der Waals surface area contributed by atoms with Crippen LogP contribution in [0.15, 0.2) is 41.3 Å². The van der Waals surface area contributed by atoms with Crippen molar-refractivity contribution in [1.82, 2.24) is 0 Å². The normalized spacial score (nSPS) is 12.4. The zero-order valence-corrected chi connectivity index (χ0v) is 13.1. The van der Waals surface area contributed by atoms with Crippen LogP contribution in [0, 0.1) is 20.8 Å². The second kappa shape index (κ2) is 6.33. The molecule has 20 heavy (non-hydrogen) atoms. The zero-order chi connectivity index (χ0) is 14.7. The maximum Gasteiger partial charge on any atom is 0.0574 e. The molecule has 2 aromatic rings. The Balaban J connectivity index is 2.21. The van der Waals surface area contributed by atoms with Crippen molar-refractivity contribution in [1.29, 1.82) is 0 Å². The molecular weight excluding hydrogens is 266 g/mol. The van der Waals surface area contributed by atoms with E-state index in [1.54, 1.807) is 0 Å². The Hall–Kier alpha value is -1.45. The van der Waals surface area contributed by atoms with Crippen molar-refractivity contribution in [2.75, 3.05) is 0 Å². The maximum atomic E-state index is 12.5. The SMILES string of the molecule is Cc1ccc(S(=O)Cc2ccc(CN)cc2C)cc1C. The second-order valence-electron chi connectivity index (χ2n) is 5.20. The minimum atomic E-state index is -1.00. The first kappa shape index (κ1) is 14.9. The quantitative estimate of drug-likeness (QED) is 0.937. The summed E-state index contributed by atoms with van der Waals surface area (Å²) in [7, 11) is -1.00. The second-order valence-corrected chi connectivity index (χ2v) is 6.65. The third-order valence-electron chi connectivity index (χ3n) is 3.67. The van der Waals surface area contributed by atoms with E-state index in [0.29, 0.717) is 12.3 Å². The molecule has 0 radical (unpaired) electrons. The van der Waals surface area contributed by atoms with Crippen molar-refractivity contribution in [3.05, 3.63) is 64.2 Å². The van der Waals surface area contributed by atoms with Gasteiger partial charge in [-0.25, -0.2) is 0 Å². The van der Waals surface area contributed by atoms with Crippen LogP contribution in [0.1, 0.15) is 27.8 Å². The topological polar surface area (TPSA) is 43.1 Å². The predicted octanol–water partition coefficient (Wildman–Crippen LogP) is 3.38. The molecule has 0 spiro atoms. The molecule has 0 aromatic heterocycles. The molecule has 0 saturated carbocycles. The van der Waals surface area contributed by atoms with Crippen LogP contribution in [0.25, 0.3) is 0 Å². The lowest BCUT2D eigenvalue weighted by atomic mass is 10.1. The van der Waals surface area contributed by atoms with Crippen LogP contribution in [0.5, 0.6) is 0 Å². The fourth-order valence-corrected chi connectivity index (χ4v) is 3.43. The summed E-state index contributed by atoms with van der Waals surface area (Å²) in [5.74, 6) is 0.555. The first-order valence-electron chi connectivity index (χ1n) is 6.75. The van der Waals surface area contributed by atoms with Gasteiger partial charge in [0.1, 0.15) is 0 Å². The molecule has 0 amide bonds. The van der Waals surface area contributed by atoms with Gasteiger partial charge >= 0.3 is 0 Å². The van der Waals surface area contributed by atoms with Gasteiger partial charge in [-0.15, -0.1) is 0 Å². The molecule has 0 bridgehead atoms. The van der Waals surface area contributed by atoms with E-state index >= 15 is 0 Å². The number of benzene rings is 2. The highest BCUT2D eigenvalue weighted by Gasteiger charge is 2.08. The third-order valence-corrected chi connectivity index (χ3v) is 5.02. The molecule has 0 heterocycles. The molecule has 0 aliphatic heterocycles. The highest BCUT2D eigenvalue weighted by atomic mass is 32.2. The van der Waals surface area contributed by atoms with Gasteiger partial charge in [-0.1, -0.05) is 24.3 Å². The Morgan fingerprint density at radius 1 is 0.950 bits per heavy atom. The van der Waals surface area contributed by atoms with Crippen molar-refractivity contribution >= 4 is 10.8 Å². The van der Waals surface area contributed by atoms with Gasteiger partial charge in [0, 0.05) is 11.4 Å². The van der Waals surface area contributed by atoms with E-state index in [1.807, 2.05) is 37.3 Å². The summed E-state index contributed by atoms with van der Waals surface area (Å²) in [4.78, 5) is 0.899. The van der Waals surface area contributed by atoms with Crippen LogP contribution >= 0.6 is 0 Å². The Kier molecular flexibility index (Phi) is 4.73. The lowest BCUT2D eigenvalue weighted by Crippen LogP contribution is -2.02. The number of hydrogen-bond donors (Lipinski definition) is 1. The van der Waals surface area contributed by atoms with Gasteiger partial charge in [0.2, 0.25) is 0 Å². The van der Waals surface area contributed by atoms with E-state index in [4.69, 9.17) is 5.73 Å². The lowest BCUT2D eigenvalue weighted by molar-refractivity contribution is 0.682. The maximum absolute atomic E-state index is 12.5. The third kappa shape index (κ3) is 3.35. The number of hydrogen-bond acceptors (Lipinski definition) is 2. The molecule has 0 aliphatic carbocycles. The molecule has 0 saturated heterocycles. The summed E-state index contributed by atoms with van der Waals surface area (Å²) in [5, 5.41) is 0. The molecule has 0 fully saturated rings. The van der Waals surface area contributed by atoms with Crippen LogP contribution in [0.2, 0.25) is 0 Å². The molecule has 2 aromatic carbocycles. The molecule has 2 N–H and O–H groups in total. The molecule has 0 aliphatic rings. The molecule has 3 heteroatoms. The molecule has 2 nitrogen and oxygen atoms in total. The van der Waals surface area contributed by atoms with E-state index in [-0.39, 0.29) is 0 Å². The van der Waals surface area contributed by atoms with Gasteiger partial charge in [0.05, 0.1) is 16.6 Å². The van der Waals surface area contributed by atoms with Crippen molar-refractivity contribution < 1.29 is 4.21 Å². The molecular formula is C17H21NOS. The van der Waals surface area contributed by atoms with Crippen LogP contribution in [0.3, 0.4) is 0 Å². The summed E-state index contributed by atoms with van der Waals surface area (Å²) < 4.78 is 12.5. The van der Waals surface area contributed by atoms with Gasteiger partial charge < -0.3 is 5.73 Å². The lowest BCUT2D eigenvalue weighted by Gasteiger charge is -2.09. The molecule has 106 valence electrons. The zero-order valence-electron chi connectivity index (χ0n) is 12.3. The average molecular weight is 287 g/mol. The van der Waals surface area contributed by atoms with Crippen molar-refractivity contribution in [2.24, 2.45) is 5.73 Å². The van der Waals surface area contributed by atoms with Gasteiger partial charge in [-0.3, -0.25) is 4.21 Å². The van der Waals surface area contributed by atoms with E-state index in [1.165, 1.54) is 11.1 Å². The van der Waals surface area contributed by atoms with Crippen LogP contribution in [-0.2, 0) is 23.1 Å². The summed E-state index contributed by atoms with van der Waals surface area (Å²) in [6.45, 7) is 6.71. The van der Waals surface area contributed by atoms with Crippen molar-refractivity contribution in [3.63, 3.8) is 0 Å². The van der Waals surface area contributed by atoms with E-state index in [0.717, 1.165) is 21.6 Å². The Morgan fingerprint density at radius 2 is 1.70 bits per heavy atom. The van der Waals surface area contributed by atoms with Crippen molar-refractivity contribution in [3.8, 4) is 0 Å². The van der Waals surface area contributed by atoms with E-state index < -0.39 is 10.8 Å².